The average Bonchev–Trinajstić information content (AvgIpc) is 3.35. The number of carbonyl (C=O) groups excluding carboxylic acids is 2. The summed E-state index contributed by atoms with van der Waals surface area (Å²) < 4.78 is 6.38. The molecule has 3 rings (SSSR count). The Kier molecular flexibility index (Phi) is 7.06. The van der Waals surface area contributed by atoms with Crippen molar-refractivity contribution in [3.63, 3.8) is 0 Å². The van der Waals surface area contributed by atoms with Crippen LogP contribution in [-0.4, -0.2) is 16.7 Å². The Bertz CT molecular complexity index is 856. The summed E-state index contributed by atoms with van der Waals surface area (Å²) in [5.74, 6) is 0.507. The molecule has 2 heterocycles. The van der Waals surface area contributed by atoms with Crippen LogP contribution in [0.1, 0.15) is 35.6 Å². The lowest BCUT2D eigenvalue weighted by molar-refractivity contribution is -0.133. The van der Waals surface area contributed by atoms with Crippen LogP contribution in [0.25, 0.3) is 0 Å². The molecule has 1 N–H and O–H groups in total. The van der Waals surface area contributed by atoms with Crippen molar-refractivity contribution in [3.8, 4) is 0 Å². The predicted octanol–water partition coefficient (Wildman–Crippen LogP) is 4.90. The van der Waals surface area contributed by atoms with Crippen LogP contribution in [0, 0.1) is 0 Å². The molecule has 0 radical (unpaired) electrons. The second-order valence-electron chi connectivity index (χ2n) is 6.42. The van der Waals surface area contributed by atoms with Crippen molar-refractivity contribution in [2.24, 2.45) is 0 Å². The van der Waals surface area contributed by atoms with E-state index in [-0.39, 0.29) is 24.3 Å². The number of halogens is 1. The van der Waals surface area contributed by atoms with Crippen LogP contribution in [0.2, 0.25) is 0 Å². The Morgan fingerprint density at radius 1 is 1.14 bits per heavy atom. The zero-order chi connectivity index (χ0) is 19.9. The molecule has 28 heavy (non-hydrogen) atoms. The molecule has 0 aliphatic rings. The minimum atomic E-state index is -0.388. The molecule has 0 spiro atoms. The number of rotatable bonds is 8. The van der Waals surface area contributed by atoms with E-state index >= 15 is 0 Å². The first-order valence-corrected chi connectivity index (χ1v) is 10.5. The molecule has 0 aliphatic heterocycles. The molecule has 1 unspecified atom stereocenters. The zero-order valence-electron chi connectivity index (χ0n) is 15.4. The van der Waals surface area contributed by atoms with Gasteiger partial charge >= 0.3 is 0 Å². The highest BCUT2D eigenvalue weighted by Crippen LogP contribution is 2.23. The Morgan fingerprint density at radius 2 is 1.93 bits per heavy atom. The summed E-state index contributed by atoms with van der Waals surface area (Å²) in [5.41, 5.74) is 0.890. The SMILES string of the molecule is CC(=O)NC(CC(=O)N(Cc1ccco1)Cc1cccs1)c1ccc(Br)cc1. The van der Waals surface area contributed by atoms with Crippen LogP contribution in [0.5, 0.6) is 0 Å². The summed E-state index contributed by atoms with van der Waals surface area (Å²) in [6.45, 7) is 2.35. The third-order valence-electron chi connectivity index (χ3n) is 4.23. The predicted molar refractivity (Wildman–Crippen MR) is 113 cm³/mol. The maximum atomic E-state index is 13.2. The fraction of sp³-hybridized carbons (Fsp3) is 0.238. The quantitative estimate of drug-likeness (QED) is 0.519. The number of thiophene rings is 1. The number of hydrogen-bond acceptors (Lipinski definition) is 4. The second kappa shape index (κ2) is 9.71. The number of carbonyl (C=O) groups is 2. The fourth-order valence-electron chi connectivity index (χ4n) is 2.91. The third kappa shape index (κ3) is 5.81. The molecule has 2 aromatic heterocycles. The molecular formula is C21H21BrN2O3S. The van der Waals surface area contributed by atoms with E-state index in [1.54, 1.807) is 22.5 Å². The lowest BCUT2D eigenvalue weighted by atomic mass is 10.0. The molecule has 1 atom stereocenters. The van der Waals surface area contributed by atoms with Crippen LogP contribution in [0.4, 0.5) is 0 Å². The minimum absolute atomic E-state index is 0.0496. The van der Waals surface area contributed by atoms with E-state index in [1.807, 2.05) is 53.9 Å². The van der Waals surface area contributed by atoms with Gasteiger partial charge in [0.2, 0.25) is 11.8 Å². The van der Waals surface area contributed by atoms with Crippen molar-refractivity contribution in [3.05, 3.63) is 80.8 Å². The highest BCUT2D eigenvalue weighted by Gasteiger charge is 2.23. The third-order valence-corrected chi connectivity index (χ3v) is 5.62. The fourth-order valence-corrected chi connectivity index (χ4v) is 3.89. The van der Waals surface area contributed by atoms with Gasteiger partial charge in [-0.15, -0.1) is 11.3 Å². The molecule has 0 saturated carbocycles. The molecule has 0 fully saturated rings. The Morgan fingerprint density at radius 3 is 2.54 bits per heavy atom. The van der Waals surface area contributed by atoms with Crippen LogP contribution < -0.4 is 5.32 Å². The topological polar surface area (TPSA) is 62.6 Å². The summed E-state index contributed by atoms with van der Waals surface area (Å²) in [7, 11) is 0. The van der Waals surface area contributed by atoms with Crippen molar-refractivity contribution in [2.75, 3.05) is 0 Å². The maximum Gasteiger partial charge on any atom is 0.225 e. The first-order valence-electron chi connectivity index (χ1n) is 8.86. The molecular weight excluding hydrogens is 440 g/mol. The molecule has 0 saturated heterocycles. The van der Waals surface area contributed by atoms with Crippen molar-refractivity contribution in [2.45, 2.75) is 32.5 Å². The number of nitrogens with one attached hydrogen (secondary N) is 1. The van der Waals surface area contributed by atoms with E-state index in [0.717, 1.165) is 20.7 Å². The Balaban J connectivity index is 1.78. The van der Waals surface area contributed by atoms with E-state index in [4.69, 9.17) is 4.42 Å². The summed E-state index contributed by atoms with van der Waals surface area (Å²) in [6, 6.07) is 14.9. The van der Waals surface area contributed by atoms with Crippen LogP contribution in [0.3, 0.4) is 0 Å². The van der Waals surface area contributed by atoms with Gasteiger partial charge in [0.05, 0.1) is 31.8 Å². The highest BCUT2D eigenvalue weighted by molar-refractivity contribution is 9.10. The molecule has 0 aliphatic carbocycles. The van der Waals surface area contributed by atoms with Crippen LogP contribution >= 0.6 is 27.3 Å². The first kappa shape index (κ1) is 20.4. The molecule has 146 valence electrons. The van der Waals surface area contributed by atoms with E-state index in [9.17, 15) is 9.59 Å². The first-order chi connectivity index (χ1) is 13.5. The molecule has 0 bridgehead atoms. The van der Waals surface area contributed by atoms with Crippen LogP contribution in [0.15, 0.2) is 69.1 Å². The van der Waals surface area contributed by atoms with Gasteiger partial charge in [-0.3, -0.25) is 9.59 Å². The molecule has 5 nitrogen and oxygen atoms in total. The number of benzene rings is 1. The smallest absolute Gasteiger partial charge is 0.225 e. The molecule has 1 aromatic carbocycles. The van der Waals surface area contributed by atoms with Gasteiger partial charge < -0.3 is 14.6 Å². The van der Waals surface area contributed by atoms with Gasteiger partial charge in [-0.05, 0) is 41.3 Å². The zero-order valence-corrected chi connectivity index (χ0v) is 17.8. The summed E-state index contributed by atoms with van der Waals surface area (Å²) in [4.78, 5) is 27.7. The van der Waals surface area contributed by atoms with Crippen molar-refractivity contribution >= 4 is 39.1 Å². The van der Waals surface area contributed by atoms with Crippen molar-refractivity contribution in [1.82, 2.24) is 10.2 Å². The summed E-state index contributed by atoms with van der Waals surface area (Å²) in [6.07, 6.45) is 1.78. The normalized spacial score (nSPS) is 11.8. The lowest BCUT2D eigenvalue weighted by Gasteiger charge is -2.25. The van der Waals surface area contributed by atoms with E-state index in [2.05, 4.69) is 21.2 Å². The van der Waals surface area contributed by atoms with Gasteiger partial charge in [0.25, 0.3) is 0 Å². The lowest BCUT2D eigenvalue weighted by Crippen LogP contribution is -2.35. The van der Waals surface area contributed by atoms with Gasteiger partial charge in [0.1, 0.15) is 5.76 Å². The van der Waals surface area contributed by atoms with Gasteiger partial charge in [0.15, 0.2) is 0 Å². The summed E-state index contributed by atoms with van der Waals surface area (Å²) >= 11 is 5.02. The van der Waals surface area contributed by atoms with Crippen LogP contribution in [-0.2, 0) is 22.7 Å². The number of amides is 2. The maximum absolute atomic E-state index is 13.2. The molecule has 3 aromatic rings. The average molecular weight is 461 g/mol. The minimum Gasteiger partial charge on any atom is -0.467 e. The number of furan rings is 1. The van der Waals surface area contributed by atoms with Gasteiger partial charge in [0, 0.05) is 16.3 Å². The van der Waals surface area contributed by atoms with Crippen molar-refractivity contribution < 1.29 is 14.0 Å². The van der Waals surface area contributed by atoms with E-state index in [0.29, 0.717) is 13.1 Å². The summed E-state index contributed by atoms with van der Waals surface area (Å²) in [5, 5.41) is 4.89. The standard InChI is InChI=1S/C21H21BrN2O3S/c1-15(25)23-20(16-6-8-17(22)9-7-16)12-21(26)24(13-18-4-2-10-27-18)14-19-5-3-11-28-19/h2-11,20H,12-14H2,1H3,(H,23,25). The second-order valence-corrected chi connectivity index (χ2v) is 8.37. The van der Waals surface area contributed by atoms with Gasteiger partial charge in [-0.2, -0.15) is 0 Å². The van der Waals surface area contributed by atoms with Gasteiger partial charge in [-0.25, -0.2) is 0 Å². The monoisotopic (exact) mass is 460 g/mol. The highest BCUT2D eigenvalue weighted by atomic mass is 79.9. The molecule has 2 amide bonds. The molecule has 7 heteroatoms. The van der Waals surface area contributed by atoms with E-state index < -0.39 is 0 Å². The Labute approximate surface area is 176 Å². The van der Waals surface area contributed by atoms with Crippen molar-refractivity contribution in [1.29, 1.82) is 0 Å². The largest absolute Gasteiger partial charge is 0.467 e. The number of hydrogen-bond donors (Lipinski definition) is 1. The van der Waals surface area contributed by atoms with E-state index in [1.165, 1.54) is 6.92 Å². The van der Waals surface area contributed by atoms with Gasteiger partial charge in [-0.1, -0.05) is 34.1 Å². The Hall–Kier alpha value is -2.38. The number of nitrogens with zero attached hydrogens (tertiary/aromatic N) is 1.